The second kappa shape index (κ2) is 11.9. The average Bonchev–Trinajstić information content (AvgIpc) is 3.29. The molecule has 1 aliphatic carbocycles. The molecule has 0 saturated carbocycles. The van der Waals surface area contributed by atoms with Gasteiger partial charge in [-0.25, -0.2) is 15.0 Å². The summed E-state index contributed by atoms with van der Waals surface area (Å²) in [6, 6.07) is 16.3. The van der Waals surface area contributed by atoms with E-state index < -0.39 is 4.92 Å². The van der Waals surface area contributed by atoms with E-state index in [2.05, 4.69) is 15.3 Å². The van der Waals surface area contributed by atoms with Gasteiger partial charge in [0, 0.05) is 51.6 Å². The lowest BCUT2D eigenvalue weighted by Crippen LogP contribution is -2.24. The molecule has 4 aromatic rings. The molecule has 8 nitrogen and oxygen atoms in total. The normalized spacial score (nSPS) is 12.9. The maximum atomic E-state index is 13.4. The number of benzene rings is 2. The fourth-order valence-corrected chi connectivity index (χ4v) is 6.72. The Bertz CT molecular complexity index is 1550. The summed E-state index contributed by atoms with van der Waals surface area (Å²) in [5, 5.41) is 15.8. The van der Waals surface area contributed by atoms with Crippen LogP contribution in [0.15, 0.2) is 69.6 Å². The molecule has 0 radical (unpaired) electrons. The van der Waals surface area contributed by atoms with Crippen LogP contribution in [0.5, 0.6) is 0 Å². The number of fused-ring (bicyclic) bond motifs is 1. The molecule has 0 aliphatic heterocycles. The molecule has 0 fully saturated rings. The van der Waals surface area contributed by atoms with Crippen molar-refractivity contribution in [2.45, 2.75) is 56.1 Å². The Balaban J connectivity index is 1.49. The monoisotopic (exact) mass is 557 g/mol. The van der Waals surface area contributed by atoms with Crippen molar-refractivity contribution in [3.63, 3.8) is 0 Å². The first-order chi connectivity index (χ1) is 18.9. The van der Waals surface area contributed by atoms with E-state index in [1.54, 1.807) is 12.3 Å². The molecular formula is C29H27N5O3S2. The minimum Gasteiger partial charge on any atom is -0.348 e. The fraction of sp³-hybridized carbons (Fsp3) is 0.241. The standard InChI is InChI=1S/C29H27N5O3S2/c1-18-14-19(2)33-29(32-18)39-24-13-12-22(34(36)37)15-21(24)17-31-28-26(23-10-6-7-11-25(23)38-28)27(35)30-16-20-8-4-3-5-9-20/h3-5,8-9,12-15,17H,6-7,10-11,16H2,1-2H3,(H,30,35). The number of amides is 1. The Morgan fingerprint density at radius 2 is 1.85 bits per heavy atom. The summed E-state index contributed by atoms with van der Waals surface area (Å²) in [5.41, 5.74) is 4.93. The third kappa shape index (κ3) is 6.40. The van der Waals surface area contributed by atoms with Crippen LogP contribution in [0.3, 0.4) is 0 Å². The summed E-state index contributed by atoms with van der Waals surface area (Å²) in [5.74, 6) is -0.150. The molecule has 198 valence electrons. The molecule has 5 rings (SSSR count). The predicted octanol–water partition coefficient (Wildman–Crippen LogP) is 6.77. The Morgan fingerprint density at radius 1 is 1.10 bits per heavy atom. The molecular weight excluding hydrogens is 530 g/mol. The molecule has 2 aromatic heterocycles. The minimum absolute atomic E-state index is 0.0338. The van der Waals surface area contributed by atoms with Gasteiger partial charge in [0.05, 0.1) is 10.5 Å². The zero-order valence-corrected chi connectivity index (χ0v) is 23.3. The first-order valence-electron chi connectivity index (χ1n) is 12.7. The van der Waals surface area contributed by atoms with E-state index >= 15 is 0 Å². The Morgan fingerprint density at radius 3 is 2.59 bits per heavy atom. The number of aliphatic imine (C=N–C) groups is 1. The van der Waals surface area contributed by atoms with E-state index in [1.807, 2.05) is 50.2 Å². The van der Waals surface area contributed by atoms with Crippen molar-refractivity contribution >= 4 is 45.9 Å². The first-order valence-corrected chi connectivity index (χ1v) is 14.3. The zero-order valence-electron chi connectivity index (χ0n) is 21.6. The third-order valence-electron chi connectivity index (χ3n) is 6.36. The van der Waals surface area contributed by atoms with Crippen LogP contribution in [0.25, 0.3) is 0 Å². The van der Waals surface area contributed by atoms with Crippen molar-refractivity contribution < 1.29 is 9.72 Å². The summed E-state index contributed by atoms with van der Waals surface area (Å²) < 4.78 is 0. The highest BCUT2D eigenvalue weighted by atomic mass is 32.2. The fourth-order valence-electron chi connectivity index (χ4n) is 4.55. The second-order valence-electron chi connectivity index (χ2n) is 9.33. The highest BCUT2D eigenvalue weighted by molar-refractivity contribution is 7.99. The van der Waals surface area contributed by atoms with Crippen LogP contribution >= 0.6 is 23.1 Å². The number of hydrogen-bond acceptors (Lipinski definition) is 8. The van der Waals surface area contributed by atoms with Crippen molar-refractivity contribution in [2.75, 3.05) is 0 Å². The zero-order chi connectivity index (χ0) is 27.4. The van der Waals surface area contributed by atoms with Gasteiger partial charge < -0.3 is 5.32 Å². The highest BCUT2D eigenvalue weighted by Crippen LogP contribution is 2.40. The van der Waals surface area contributed by atoms with E-state index in [-0.39, 0.29) is 11.6 Å². The van der Waals surface area contributed by atoms with Gasteiger partial charge in [0.1, 0.15) is 5.00 Å². The van der Waals surface area contributed by atoms with Crippen LogP contribution < -0.4 is 5.32 Å². The molecule has 0 saturated heterocycles. The lowest BCUT2D eigenvalue weighted by atomic mass is 9.95. The van der Waals surface area contributed by atoms with E-state index in [0.29, 0.717) is 27.8 Å². The van der Waals surface area contributed by atoms with Gasteiger partial charge in [-0.2, -0.15) is 0 Å². The number of hydrogen-bond donors (Lipinski definition) is 1. The SMILES string of the molecule is Cc1cc(C)nc(Sc2ccc([N+](=O)[O-])cc2C=Nc2sc3c(c2C(=O)NCc2ccccc2)CCCC3)n1. The van der Waals surface area contributed by atoms with Crippen molar-refractivity contribution in [3.8, 4) is 0 Å². The van der Waals surface area contributed by atoms with Gasteiger partial charge >= 0.3 is 0 Å². The van der Waals surface area contributed by atoms with Crippen molar-refractivity contribution in [1.82, 2.24) is 15.3 Å². The molecule has 0 atom stereocenters. The van der Waals surface area contributed by atoms with Crippen molar-refractivity contribution in [3.05, 3.63) is 103 Å². The lowest BCUT2D eigenvalue weighted by molar-refractivity contribution is -0.384. The number of nitrogens with one attached hydrogen (secondary N) is 1. The van der Waals surface area contributed by atoms with Crippen LogP contribution in [0.1, 0.15) is 56.2 Å². The van der Waals surface area contributed by atoms with Crippen LogP contribution in [0, 0.1) is 24.0 Å². The molecule has 1 aliphatic rings. The lowest BCUT2D eigenvalue weighted by Gasteiger charge is -2.13. The summed E-state index contributed by atoms with van der Waals surface area (Å²) >= 11 is 2.86. The maximum Gasteiger partial charge on any atom is 0.270 e. The van der Waals surface area contributed by atoms with E-state index in [9.17, 15) is 14.9 Å². The number of nitro benzene ring substituents is 1. The van der Waals surface area contributed by atoms with Gasteiger partial charge in [0.2, 0.25) is 0 Å². The summed E-state index contributed by atoms with van der Waals surface area (Å²) in [4.78, 5) is 40.2. The topological polar surface area (TPSA) is 110 Å². The van der Waals surface area contributed by atoms with Gasteiger partial charge in [-0.05, 0) is 74.6 Å². The molecule has 0 unspecified atom stereocenters. The van der Waals surface area contributed by atoms with E-state index in [1.165, 1.54) is 40.1 Å². The predicted molar refractivity (Wildman–Crippen MR) is 155 cm³/mol. The number of thiophene rings is 1. The van der Waals surface area contributed by atoms with Crippen LogP contribution in [-0.2, 0) is 19.4 Å². The van der Waals surface area contributed by atoms with Gasteiger partial charge in [-0.15, -0.1) is 11.3 Å². The molecule has 1 amide bonds. The molecule has 0 bridgehead atoms. The van der Waals surface area contributed by atoms with Gasteiger partial charge in [-0.1, -0.05) is 30.3 Å². The van der Waals surface area contributed by atoms with Crippen LogP contribution in [-0.4, -0.2) is 27.0 Å². The Kier molecular flexibility index (Phi) is 8.13. The quantitative estimate of drug-likeness (QED) is 0.111. The van der Waals surface area contributed by atoms with Gasteiger partial charge in [-0.3, -0.25) is 14.9 Å². The van der Waals surface area contributed by atoms with Crippen molar-refractivity contribution in [1.29, 1.82) is 0 Å². The Labute approximate surface area is 234 Å². The molecule has 2 aromatic carbocycles. The number of non-ortho nitro benzene ring substituents is 1. The van der Waals surface area contributed by atoms with Crippen molar-refractivity contribution in [2.24, 2.45) is 4.99 Å². The number of carbonyl (C=O) groups excluding carboxylic acids is 1. The summed E-state index contributed by atoms with van der Waals surface area (Å²) in [7, 11) is 0. The Hall–Kier alpha value is -3.89. The van der Waals surface area contributed by atoms with E-state index in [4.69, 9.17) is 4.99 Å². The maximum absolute atomic E-state index is 13.4. The number of carbonyl (C=O) groups is 1. The van der Waals surface area contributed by atoms with Gasteiger partial charge in [0.15, 0.2) is 5.16 Å². The molecule has 1 N–H and O–H groups in total. The van der Waals surface area contributed by atoms with Gasteiger partial charge in [0.25, 0.3) is 11.6 Å². The van der Waals surface area contributed by atoms with Crippen LogP contribution in [0.2, 0.25) is 0 Å². The molecule has 2 heterocycles. The number of rotatable bonds is 8. The summed E-state index contributed by atoms with van der Waals surface area (Å²) in [6.45, 7) is 4.23. The minimum atomic E-state index is -0.425. The number of nitrogens with zero attached hydrogens (tertiary/aromatic N) is 4. The smallest absolute Gasteiger partial charge is 0.270 e. The average molecular weight is 558 g/mol. The van der Waals surface area contributed by atoms with E-state index in [0.717, 1.165) is 53.1 Å². The molecule has 39 heavy (non-hydrogen) atoms. The number of aromatic nitrogens is 2. The highest BCUT2D eigenvalue weighted by Gasteiger charge is 2.25. The number of aryl methyl sites for hydroxylation is 3. The van der Waals surface area contributed by atoms with Crippen LogP contribution in [0.4, 0.5) is 10.7 Å². The first kappa shape index (κ1) is 26.7. The molecule has 0 spiro atoms. The molecule has 10 heteroatoms. The third-order valence-corrected chi connectivity index (χ3v) is 8.52. The number of nitro groups is 1. The summed E-state index contributed by atoms with van der Waals surface area (Å²) in [6.07, 6.45) is 5.51. The second-order valence-corrected chi connectivity index (χ2v) is 11.4. The largest absolute Gasteiger partial charge is 0.348 e.